The minimum absolute atomic E-state index is 0.0493. The topological polar surface area (TPSA) is 139 Å². The number of aryl methyl sites for hydroxylation is 1. The zero-order valence-corrected chi connectivity index (χ0v) is 24.4. The minimum atomic E-state index is -1.72. The second-order valence-corrected chi connectivity index (χ2v) is 11.5. The molecule has 1 fully saturated rings. The molecule has 9 heteroatoms. The molecule has 0 radical (unpaired) electrons. The number of benzene rings is 3. The number of aliphatic hydroxyl groups is 2. The van der Waals surface area contributed by atoms with Crippen LogP contribution in [0.2, 0.25) is 0 Å². The average molecular weight is 574 g/mol. The van der Waals surface area contributed by atoms with Crippen LogP contribution in [0.1, 0.15) is 46.5 Å². The number of carbonyl (C=O) groups excluding carboxylic acids is 3. The van der Waals surface area contributed by atoms with Crippen molar-refractivity contribution in [2.45, 2.75) is 65.0 Å². The maximum atomic E-state index is 13.9. The molecule has 4 rings (SSSR count). The van der Waals surface area contributed by atoms with E-state index in [1.807, 2.05) is 61.5 Å². The molecule has 3 aromatic rings. The Morgan fingerprint density at radius 3 is 2.33 bits per heavy atom. The third-order valence-corrected chi connectivity index (χ3v) is 8.29. The van der Waals surface area contributed by atoms with Gasteiger partial charge in [0.1, 0.15) is 11.8 Å². The summed E-state index contributed by atoms with van der Waals surface area (Å²) in [6.07, 6.45) is -2.61. The maximum absolute atomic E-state index is 13.9. The molecule has 1 aliphatic heterocycles. The van der Waals surface area contributed by atoms with Crippen LogP contribution in [0.4, 0.5) is 0 Å². The number of rotatable bonds is 9. The first-order chi connectivity index (χ1) is 19.9. The first-order valence-electron chi connectivity index (χ1n) is 14.0. The number of aliphatic hydroxyl groups excluding tert-OH is 2. The Hall–Kier alpha value is -4.21. The van der Waals surface area contributed by atoms with Crippen molar-refractivity contribution < 1.29 is 29.7 Å². The summed E-state index contributed by atoms with van der Waals surface area (Å²) in [5.41, 5.74) is 2.28. The van der Waals surface area contributed by atoms with Gasteiger partial charge in [-0.1, -0.05) is 74.5 Å². The van der Waals surface area contributed by atoms with Crippen LogP contribution in [0.15, 0.2) is 72.8 Å². The molecule has 1 heterocycles. The molecule has 1 saturated heterocycles. The van der Waals surface area contributed by atoms with Crippen LogP contribution in [0.3, 0.4) is 0 Å². The van der Waals surface area contributed by atoms with Gasteiger partial charge in [-0.05, 0) is 49.1 Å². The smallest absolute Gasteiger partial charge is 0.254 e. The summed E-state index contributed by atoms with van der Waals surface area (Å²) < 4.78 is 0. The molecule has 5 N–H and O–H groups in total. The first-order valence-corrected chi connectivity index (χ1v) is 14.0. The van der Waals surface area contributed by atoms with Crippen LogP contribution >= 0.6 is 0 Å². The minimum Gasteiger partial charge on any atom is -0.508 e. The lowest BCUT2D eigenvalue weighted by Crippen LogP contribution is -2.57. The third kappa shape index (κ3) is 6.48. The molecule has 1 aliphatic rings. The molecule has 4 atom stereocenters. The second-order valence-electron chi connectivity index (χ2n) is 11.5. The summed E-state index contributed by atoms with van der Waals surface area (Å²) >= 11 is 0. The fourth-order valence-corrected chi connectivity index (χ4v) is 5.46. The number of β-amino-alcohol motifs (C(OH)–C–C–N with tert-alkyl or cyclic N) is 1. The van der Waals surface area contributed by atoms with Gasteiger partial charge in [-0.25, -0.2) is 0 Å². The highest BCUT2D eigenvalue weighted by Gasteiger charge is 2.54. The zero-order chi connectivity index (χ0) is 30.6. The summed E-state index contributed by atoms with van der Waals surface area (Å²) in [7, 11) is 0. The van der Waals surface area contributed by atoms with Crippen molar-refractivity contribution in [1.29, 1.82) is 0 Å². The fourth-order valence-electron chi connectivity index (χ4n) is 5.46. The molecule has 0 aliphatic carbocycles. The van der Waals surface area contributed by atoms with E-state index in [1.54, 1.807) is 32.9 Å². The molecule has 0 spiro atoms. The summed E-state index contributed by atoms with van der Waals surface area (Å²) in [6.45, 7) is 7.06. The summed E-state index contributed by atoms with van der Waals surface area (Å²) in [6, 6.07) is 19.2. The van der Waals surface area contributed by atoms with Crippen LogP contribution < -0.4 is 10.6 Å². The van der Waals surface area contributed by atoms with E-state index >= 15 is 0 Å². The summed E-state index contributed by atoms with van der Waals surface area (Å²) in [5, 5.41) is 38.1. The number of hydrogen-bond acceptors (Lipinski definition) is 6. The number of hydrogen-bond donors (Lipinski definition) is 5. The molecule has 1 unspecified atom stereocenters. The molecule has 0 aromatic heterocycles. The van der Waals surface area contributed by atoms with Crippen molar-refractivity contribution in [3.8, 4) is 5.75 Å². The second kappa shape index (κ2) is 12.8. The monoisotopic (exact) mass is 573 g/mol. The Morgan fingerprint density at radius 1 is 0.976 bits per heavy atom. The lowest BCUT2D eigenvalue weighted by atomic mass is 9.82. The van der Waals surface area contributed by atoms with E-state index in [1.165, 1.54) is 11.0 Å². The van der Waals surface area contributed by atoms with E-state index in [9.17, 15) is 29.7 Å². The Kier molecular flexibility index (Phi) is 9.33. The van der Waals surface area contributed by atoms with Gasteiger partial charge in [0, 0.05) is 29.6 Å². The summed E-state index contributed by atoms with van der Waals surface area (Å²) in [5.74, 6) is -1.83. The predicted molar refractivity (Wildman–Crippen MR) is 159 cm³/mol. The number of likely N-dealkylation sites (tertiary alicyclic amines) is 1. The standard InChI is InChI=1S/C33H39N3O6/c1-20-11-8-9-14-23(20)18-34-31(41)29-33(3,4)27(38)19-36(29)32(42)28(39)25(17-22-12-6-5-7-13-22)35-30(40)24-15-10-16-26(37)21(24)2/h5-16,25,27-29,37-39H,17-19H2,1-4H3,(H,34,41)(H,35,40)/t25-,27?,28-,29+/m0/s1. The van der Waals surface area contributed by atoms with Crippen LogP contribution in [-0.2, 0) is 22.6 Å². The molecule has 0 bridgehead atoms. The summed E-state index contributed by atoms with van der Waals surface area (Å²) in [4.78, 5) is 41.9. The van der Waals surface area contributed by atoms with Gasteiger partial charge in [0.15, 0.2) is 6.10 Å². The van der Waals surface area contributed by atoms with E-state index in [0.29, 0.717) is 5.56 Å². The van der Waals surface area contributed by atoms with E-state index in [2.05, 4.69) is 10.6 Å². The molecule has 9 nitrogen and oxygen atoms in total. The van der Waals surface area contributed by atoms with Crippen molar-refractivity contribution in [2.75, 3.05) is 6.54 Å². The third-order valence-electron chi connectivity index (χ3n) is 8.29. The molecular formula is C33H39N3O6. The SMILES string of the molecule is Cc1ccccc1CNC(=O)[C@H]1N(C(=O)[C@@H](O)[C@H](Cc2ccccc2)NC(=O)c2cccc(O)c2C)CC(O)C1(C)C. The van der Waals surface area contributed by atoms with Gasteiger partial charge in [0.05, 0.1) is 12.1 Å². The van der Waals surface area contributed by atoms with Gasteiger partial charge < -0.3 is 30.9 Å². The van der Waals surface area contributed by atoms with Crippen LogP contribution in [0.25, 0.3) is 0 Å². The zero-order valence-electron chi connectivity index (χ0n) is 24.4. The average Bonchev–Trinajstić information content (AvgIpc) is 3.21. The number of phenols is 1. The van der Waals surface area contributed by atoms with Crippen LogP contribution in [-0.4, -0.2) is 68.8 Å². The van der Waals surface area contributed by atoms with Crippen LogP contribution in [0, 0.1) is 19.3 Å². The van der Waals surface area contributed by atoms with E-state index in [0.717, 1.165) is 16.7 Å². The molecule has 222 valence electrons. The number of nitrogens with one attached hydrogen (secondary N) is 2. The lowest BCUT2D eigenvalue weighted by Gasteiger charge is -2.34. The number of aromatic hydroxyl groups is 1. The van der Waals surface area contributed by atoms with Crippen molar-refractivity contribution in [3.63, 3.8) is 0 Å². The van der Waals surface area contributed by atoms with Crippen molar-refractivity contribution in [2.24, 2.45) is 5.41 Å². The predicted octanol–water partition coefficient (Wildman–Crippen LogP) is 2.63. The molecular weight excluding hydrogens is 534 g/mol. The number of amides is 3. The molecule has 0 saturated carbocycles. The largest absolute Gasteiger partial charge is 0.508 e. The number of nitrogens with zero attached hydrogens (tertiary/aromatic N) is 1. The van der Waals surface area contributed by atoms with Gasteiger partial charge in [0.25, 0.3) is 11.8 Å². The normalized spacial score (nSPS) is 19.1. The van der Waals surface area contributed by atoms with Crippen LogP contribution in [0.5, 0.6) is 5.75 Å². The van der Waals surface area contributed by atoms with Crippen molar-refractivity contribution in [3.05, 3.63) is 101 Å². The van der Waals surface area contributed by atoms with Crippen molar-refractivity contribution in [1.82, 2.24) is 15.5 Å². The quantitative estimate of drug-likeness (QED) is 0.267. The highest BCUT2D eigenvalue weighted by atomic mass is 16.3. The molecule has 3 aromatic carbocycles. The number of carbonyl (C=O) groups is 3. The van der Waals surface area contributed by atoms with Gasteiger partial charge in [0.2, 0.25) is 5.91 Å². The lowest BCUT2D eigenvalue weighted by molar-refractivity contribution is -0.148. The van der Waals surface area contributed by atoms with Gasteiger partial charge in [-0.15, -0.1) is 0 Å². The fraction of sp³-hybridized carbons (Fsp3) is 0.364. The maximum Gasteiger partial charge on any atom is 0.254 e. The molecule has 42 heavy (non-hydrogen) atoms. The Balaban J connectivity index is 1.59. The molecule has 3 amide bonds. The highest BCUT2D eigenvalue weighted by molar-refractivity contribution is 5.97. The van der Waals surface area contributed by atoms with Gasteiger partial charge in [-0.2, -0.15) is 0 Å². The Bertz CT molecular complexity index is 1440. The highest BCUT2D eigenvalue weighted by Crippen LogP contribution is 2.37. The van der Waals surface area contributed by atoms with Crippen molar-refractivity contribution >= 4 is 17.7 Å². The Labute approximate surface area is 246 Å². The van der Waals surface area contributed by atoms with E-state index < -0.39 is 47.4 Å². The van der Waals surface area contributed by atoms with E-state index in [4.69, 9.17) is 0 Å². The Morgan fingerprint density at radius 2 is 1.64 bits per heavy atom. The van der Waals surface area contributed by atoms with Gasteiger partial charge >= 0.3 is 0 Å². The van der Waals surface area contributed by atoms with Gasteiger partial charge in [-0.3, -0.25) is 14.4 Å². The number of phenolic OH excluding ortho intramolecular Hbond substituents is 1. The first kappa shape index (κ1) is 30.7. The van der Waals surface area contributed by atoms with E-state index in [-0.39, 0.29) is 30.8 Å².